The van der Waals surface area contributed by atoms with Crippen LogP contribution < -0.4 is 27.0 Å². The zero-order chi connectivity index (χ0) is 42.4. The Labute approximate surface area is 348 Å². The molecule has 0 bridgehead atoms. The molecular weight excluding hydrogens is 760 g/mol. The molecule has 2 fully saturated rings. The number of aliphatic hydroxyl groups is 1. The number of alkyl carbamates (subject to hydrolysis) is 1. The van der Waals surface area contributed by atoms with Crippen LogP contribution in [0.1, 0.15) is 69.1 Å². The molecule has 4 amide bonds. The molecule has 2 aliphatic heterocycles. The van der Waals surface area contributed by atoms with Gasteiger partial charge in [0, 0.05) is 18.1 Å². The molecule has 0 aliphatic carbocycles. The molecule has 14 heteroatoms. The van der Waals surface area contributed by atoms with Crippen LogP contribution in [-0.2, 0) is 43.5 Å². The van der Waals surface area contributed by atoms with Crippen LogP contribution >= 0.6 is 11.6 Å². The van der Waals surface area contributed by atoms with Crippen molar-refractivity contribution in [2.24, 2.45) is 5.73 Å². The van der Waals surface area contributed by atoms with Crippen LogP contribution in [0.4, 0.5) is 4.79 Å². The summed E-state index contributed by atoms with van der Waals surface area (Å²) in [5.74, 6) is -2.49. The molecule has 3 aromatic carbocycles. The van der Waals surface area contributed by atoms with Gasteiger partial charge in [-0.3, -0.25) is 19.2 Å². The zero-order valence-corrected chi connectivity index (χ0v) is 34.6. The van der Waals surface area contributed by atoms with E-state index in [1.165, 1.54) is 43.7 Å². The number of ether oxygens (including phenoxy) is 1. The van der Waals surface area contributed by atoms with E-state index in [4.69, 9.17) is 27.2 Å². The largest absolute Gasteiger partial charge is 0.445 e. The molecule has 1 atom stereocenters. The Balaban J connectivity index is 0.000000422. The predicted octanol–water partition coefficient (Wildman–Crippen LogP) is 4.84. The van der Waals surface area contributed by atoms with E-state index in [0.717, 1.165) is 23.2 Å². The van der Waals surface area contributed by atoms with Gasteiger partial charge in [0.2, 0.25) is 17.6 Å². The summed E-state index contributed by atoms with van der Waals surface area (Å²) in [6.07, 6.45) is 8.02. The van der Waals surface area contributed by atoms with E-state index in [2.05, 4.69) is 41.2 Å². The van der Waals surface area contributed by atoms with Crippen molar-refractivity contribution >= 4 is 41.2 Å². The van der Waals surface area contributed by atoms with Gasteiger partial charge < -0.3 is 41.7 Å². The second-order valence-electron chi connectivity index (χ2n) is 13.4. The molecule has 1 unspecified atom stereocenters. The summed E-state index contributed by atoms with van der Waals surface area (Å²) in [6, 6.07) is 25.0. The maximum atomic E-state index is 12.6. The van der Waals surface area contributed by atoms with Gasteiger partial charge in [0.05, 0.1) is 13.2 Å². The number of benzene rings is 3. The first-order chi connectivity index (χ1) is 28.1. The first kappa shape index (κ1) is 49.1. The number of carbonyl (C=O) groups is 5. The SMILES string of the molecule is CC=C1CCNCC1.CCCCN.O=C(NCC(=O)N1CCCC1C(=O)NCC(=O)C(=O)NCCc1ccccc1)OCc1ccccc1.OCc1ccc(Cl)cc1. The highest BCUT2D eigenvalue weighted by Gasteiger charge is 2.34. The van der Waals surface area contributed by atoms with Crippen molar-refractivity contribution < 1.29 is 33.8 Å². The molecule has 3 aromatic rings. The van der Waals surface area contributed by atoms with Crippen LogP contribution in [0.2, 0.25) is 5.02 Å². The number of piperidine rings is 1. The van der Waals surface area contributed by atoms with Gasteiger partial charge in [0.15, 0.2) is 0 Å². The number of nitrogens with zero attached hydrogens (tertiary/aromatic N) is 1. The molecule has 58 heavy (non-hydrogen) atoms. The van der Waals surface area contributed by atoms with Crippen LogP contribution in [0.25, 0.3) is 0 Å². The normalized spacial score (nSPS) is 14.1. The van der Waals surface area contributed by atoms with Gasteiger partial charge >= 0.3 is 6.09 Å². The maximum absolute atomic E-state index is 12.6. The van der Waals surface area contributed by atoms with E-state index < -0.39 is 42.2 Å². The summed E-state index contributed by atoms with van der Waals surface area (Å²) in [5.41, 5.74) is 9.49. The third kappa shape index (κ3) is 20.9. The molecule has 0 spiro atoms. The molecule has 0 aromatic heterocycles. The minimum absolute atomic E-state index is 0.0729. The number of likely N-dealkylation sites (tertiary alicyclic amines) is 1. The molecule has 5 rings (SSSR count). The van der Waals surface area contributed by atoms with E-state index >= 15 is 0 Å². The lowest BCUT2D eigenvalue weighted by Crippen LogP contribution is -2.50. The second-order valence-corrected chi connectivity index (χ2v) is 13.9. The van der Waals surface area contributed by atoms with E-state index in [9.17, 15) is 24.0 Å². The van der Waals surface area contributed by atoms with E-state index in [-0.39, 0.29) is 19.8 Å². The van der Waals surface area contributed by atoms with Crippen LogP contribution in [0.15, 0.2) is 96.6 Å². The number of allylic oxidation sites excluding steroid dienone is 1. The highest BCUT2D eigenvalue weighted by molar-refractivity contribution is 6.37. The molecule has 316 valence electrons. The van der Waals surface area contributed by atoms with Crippen LogP contribution in [-0.4, -0.2) is 91.5 Å². The predicted molar refractivity (Wildman–Crippen MR) is 228 cm³/mol. The van der Waals surface area contributed by atoms with E-state index in [1.54, 1.807) is 29.8 Å². The number of rotatable bonds is 14. The Morgan fingerprint density at radius 2 is 1.52 bits per heavy atom. The Kier molecular flexibility index (Phi) is 25.4. The minimum atomic E-state index is -0.774. The lowest BCUT2D eigenvalue weighted by molar-refractivity contribution is -0.140. The van der Waals surface area contributed by atoms with Gasteiger partial charge in [-0.1, -0.05) is 109 Å². The highest BCUT2D eigenvalue weighted by Crippen LogP contribution is 2.17. The van der Waals surface area contributed by atoms with Crippen molar-refractivity contribution in [3.8, 4) is 0 Å². The topological polar surface area (TPSA) is 192 Å². The standard InChI is InChI=1S/C26H30N4O6.C7H7ClO.C7H13N.C4H11N/c31-22(25(34)27-14-13-19-8-3-1-4-9-19)16-28-24(33)21-12-7-15-30(21)23(32)17-29-26(35)36-18-20-10-5-2-6-11-20;8-7-3-1-6(5-9)2-4-7;1-2-7-3-5-8-6-4-7;1-2-3-4-5/h1-6,8-11,21H,7,12-18H2,(H,27,34)(H,28,33)(H,29,35);1-4,9H,5H2;2,8H,3-6H2,1H3;2-5H2,1H3. The Morgan fingerprint density at radius 3 is 2.07 bits per heavy atom. The number of halogens is 1. The van der Waals surface area contributed by atoms with Crippen molar-refractivity contribution in [2.45, 2.75) is 78.0 Å². The van der Waals surface area contributed by atoms with Gasteiger partial charge in [0.25, 0.3) is 5.91 Å². The molecular formula is C44H61ClN6O7. The van der Waals surface area contributed by atoms with E-state index in [1.807, 2.05) is 60.7 Å². The number of Topliss-reactive ketones (excluding diaryl/α,β-unsaturated/α-hetero) is 1. The number of ketones is 1. The smallest absolute Gasteiger partial charge is 0.407 e. The number of carbonyl (C=O) groups excluding carboxylic acids is 5. The molecule has 2 heterocycles. The summed E-state index contributed by atoms with van der Waals surface area (Å²) in [7, 11) is 0. The lowest BCUT2D eigenvalue weighted by Gasteiger charge is -2.24. The number of aliphatic hydroxyl groups excluding tert-OH is 1. The van der Waals surface area contributed by atoms with Crippen LogP contribution in [0.3, 0.4) is 0 Å². The minimum Gasteiger partial charge on any atom is -0.445 e. The van der Waals surface area contributed by atoms with Gasteiger partial charge in [-0.25, -0.2) is 4.79 Å². The second kappa shape index (κ2) is 30.1. The fourth-order valence-electron chi connectivity index (χ4n) is 5.62. The van der Waals surface area contributed by atoms with Crippen molar-refractivity contribution in [1.82, 2.24) is 26.2 Å². The third-order valence-corrected chi connectivity index (χ3v) is 9.25. The number of nitrogens with one attached hydrogen (secondary N) is 4. The van der Waals surface area contributed by atoms with Crippen molar-refractivity contribution in [1.29, 1.82) is 0 Å². The number of amides is 4. The highest BCUT2D eigenvalue weighted by atomic mass is 35.5. The van der Waals surface area contributed by atoms with Gasteiger partial charge in [0.1, 0.15) is 19.2 Å². The van der Waals surface area contributed by atoms with Gasteiger partial charge in [-0.05, 0) is 93.9 Å². The number of nitrogens with two attached hydrogens (primary N) is 1. The summed E-state index contributed by atoms with van der Waals surface area (Å²) in [4.78, 5) is 62.5. The van der Waals surface area contributed by atoms with E-state index in [0.29, 0.717) is 37.4 Å². The number of unbranched alkanes of at least 4 members (excludes halogenated alkanes) is 1. The Hall–Kier alpha value is -5.08. The summed E-state index contributed by atoms with van der Waals surface area (Å²) < 4.78 is 5.08. The fourth-order valence-corrected chi connectivity index (χ4v) is 5.75. The average molecular weight is 821 g/mol. The van der Waals surface area contributed by atoms with Crippen molar-refractivity contribution in [3.63, 3.8) is 0 Å². The quantitative estimate of drug-likeness (QED) is 0.0976. The lowest BCUT2D eigenvalue weighted by atomic mass is 10.1. The summed E-state index contributed by atoms with van der Waals surface area (Å²) in [5, 5.41) is 20.0. The molecule has 13 nitrogen and oxygen atoms in total. The molecule has 0 radical (unpaired) electrons. The third-order valence-electron chi connectivity index (χ3n) is 9.00. The van der Waals surface area contributed by atoms with Gasteiger partial charge in [-0.15, -0.1) is 0 Å². The Morgan fingerprint density at radius 1 is 0.879 bits per heavy atom. The molecule has 7 N–H and O–H groups in total. The number of hydrogen-bond acceptors (Lipinski definition) is 9. The van der Waals surface area contributed by atoms with Crippen LogP contribution in [0, 0.1) is 0 Å². The number of hydrogen-bond donors (Lipinski definition) is 6. The molecule has 2 saturated heterocycles. The van der Waals surface area contributed by atoms with Crippen molar-refractivity contribution in [3.05, 3.63) is 118 Å². The summed E-state index contributed by atoms with van der Waals surface area (Å²) in [6.45, 7) is 7.49. The summed E-state index contributed by atoms with van der Waals surface area (Å²) >= 11 is 5.59. The first-order valence-electron chi connectivity index (χ1n) is 19.9. The monoisotopic (exact) mass is 820 g/mol. The van der Waals surface area contributed by atoms with Crippen molar-refractivity contribution in [2.75, 3.05) is 45.8 Å². The Bertz CT molecular complexity index is 1670. The molecule has 0 saturated carbocycles. The van der Waals surface area contributed by atoms with Gasteiger partial charge in [-0.2, -0.15) is 0 Å². The fraction of sp³-hybridized carbons (Fsp3) is 0.432. The van der Waals surface area contributed by atoms with Crippen LogP contribution in [0.5, 0.6) is 0 Å². The maximum Gasteiger partial charge on any atom is 0.407 e. The first-order valence-corrected chi connectivity index (χ1v) is 20.3. The average Bonchev–Trinajstić information content (AvgIpc) is 3.77. The zero-order valence-electron chi connectivity index (χ0n) is 33.9. The molecule has 2 aliphatic rings.